The lowest BCUT2D eigenvalue weighted by molar-refractivity contribution is -0.137. The Kier molecular flexibility index (Phi) is 4.90. The molecule has 10 heteroatoms. The number of pyridine rings is 1. The van der Waals surface area contributed by atoms with Crippen LogP contribution in [0.2, 0.25) is 5.02 Å². The average Bonchev–Trinajstić information content (AvgIpc) is 3.13. The second kappa shape index (κ2) is 7.49. The summed E-state index contributed by atoms with van der Waals surface area (Å²) in [4.78, 5) is 19.6. The molecule has 4 heterocycles. The van der Waals surface area contributed by atoms with Crippen LogP contribution in [0.5, 0.6) is 0 Å². The molecule has 1 amide bonds. The monoisotopic (exact) mass is 449 g/mol. The lowest BCUT2D eigenvalue weighted by Crippen LogP contribution is -2.67. The van der Waals surface area contributed by atoms with Crippen LogP contribution in [0.25, 0.3) is 0 Å². The first-order chi connectivity index (χ1) is 14.8. The van der Waals surface area contributed by atoms with Crippen LogP contribution in [0.4, 0.5) is 13.2 Å². The minimum atomic E-state index is -4.66. The van der Waals surface area contributed by atoms with E-state index in [-0.39, 0.29) is 17.6 Å². The van der Waals surface area contributed by atoms with Gasteiger partial charge in [-0.15, -0.1) is 5.10 Å². The third-order valence-electron chi connectivity index (χ3n) is 6.00. The minimum absolute atomic E-state index is 0.0426. The van der Waals surface area contributed by atoms with Crippen LogP contribution >= 0.6 is 11.6 Å². The third-order valence-corrected chi connectivity index (χ3v) is 6.41. The largest absolute Gasteiger partial charge is 0.417 e. The van der Waals surface area contributed by atoms with Gasteiger partial charge in [0, 0.05) is 36.6 Å². The molecule has 0 radical (unpaired) electrons. The number of fused-ring (bicyclic) bond motifs is 4. The molecule has 2 bridgehead atoms. The number of nitrogens with one attached hydrogen (secondary N) is 1. The van der Waals surface area contributed by atoms with E-state index in [9.17, 15) is 18.0 Å². The predicted octanol–water partition coefficient (Wildman–Crippen LogP) is 3.72. The fourth-order valence-electron chi connectivity index (χ4n) is 4.65. The van der Waals surface area contributed by atoms with Gasteiger partial charge in [0.2, 0.25) is 0 Å². The summed E-state index contributed by atoms with van der Waals surface area (Å²) in [5.41, 5.74) is -0.504. The molecule has 0 spiro atoms. The number of carbonyl (C=O) groups excluding carboxylic acids is 1. The molecule has 162 valence electrons. The molecule has 2 fully saturated rings. The van der Waals surface area contributed by atoms with Crippen molar-refractivity contribution >= 4 is 23.3 Å². The molecule has 2 saturated heterocycles. The summed E-state index contributed by atoms with van der Waals surface area (Å²) in [6.45, 7) is 0.648. The van der Waals surface area contributed by atoms with E-state index in [4.69, 9.17) is 11.6 Å². The summed E-state index contributed by atoms with van der Waals surface area (Å²) in [7, 11) is 0. The number of amides is 1. The van der Waals surface area contributed by atoms with Gasteiger partial charge in [0.25, 0.3) is 5.91 Å². The molecule has 2 aromatic rings. The number of hydrogen-bond donors (Lipinski definition) is 1. The zero-order valence-electron chi connectivity index (χ0n) is 16.3. The van der Waals surface area contributed by atoms with E-state index in [2.05, 4.69) is 20.3 Å². The number of alkyl halides is 3. The van der Waals surface area contributed by atoms with Gasteiger partial charge >= 0.3 is 6.18 Å². The van der Waals surface area contributed by atoms with Crippen molar-refractivity contribution in [3.05, 3.63) is 64.4 Å². The van der Waals surface area contributed by atoms with Gasteiger partial charge in [0.05, 0.1) is 16.1 Å². The Balaban J connectivity index is 1.57. The van der Waals surface area contributed by atoms with Crippen molar-refractivity contribution in [3.63, 3.8) is 0 Å². The van der Waals surface area contributed by atoms with E-state index in [0.717, 1.165) is 30.9 Å². The summed E-state index contributed by atoms with van der Waals surface area (Å²) in [6.07, 6.45) is 1.09. The highest BCUT2D eigenvalue weighted by atomic mass is 35.5. The molecule has 0 aliphatic carbocycles. The number of hydrogen-bond acceptors (Lipinski definition) is 5. The summed E-state index contributed by atoms with van der Waals surface area (Å²) in [5.74, 6) is -0.0660. The van der Waals surface area contributed by atoms with Crippen LogP contribution in [0.15, 0.2) is 47.8 Å². The number of halogens is 4. The first-order valence-corrected chi connectivity index (χ1v) is 10.4. The van der Waals surface area contributed by atoms with Crippen molar-refractivity contribution in [2.45, 2.75) is 43.7 Å². The van der Waals surface area contributed by atoms with Crippen molar-refractivity contribution in [2.75, 3.05) is 6.54 Å². The molecule has 3 aliphatic rings. The highest BCUT2D eigenvalue weighted by Crippen LogP contribution is 2.38. The first kappa shape index (κ1) is 20.3. The molecule has 3 atom stereocenters. The van der Waals surface area contributed by atoms with E-state index in [0.29, 0.717) is 12.4 Å². The fourth-order valence-corrected chi connectivity index (χ4v) is 4.97. The van der Waals surface area contributed by atoms with Crippen LogP contribution in [-0.2, 0) is 6.18 Å². The number of hydrazone groups is 1. The number of carbonyl (C=O) groups is 1. The number of piperidine rings is 1. The zero-order valence-corrected chi connectivity index (χ0v) is 17.1. The Morgan fingerprint density at radius 3 is 2.77 bits per heavy atom. The van der Waals surface area contributed by atoms with E-state index in [1.165, 1.54) is 17.1 Å². The van der Waals surface area contributed by atoms with Crippen LogP contribution < -0.4 is 5.32 Å². The third kappa shape index (κ3) is 3.45. The van der Waals surface area contributed by atoms with Gasteiger partial charge in [0.15, 0.2) is 5.84 Å². The maximum absolute atomic E-state index is 13.4. The number of rotatable bonds is 2. The quantitative estimate of drug-likeness (QED) is 0.759. The van der Waals surface area contributed by atoms with Crippen LogP contribution in [-0.4, -0.2) is 51.4 Å². The zero-order chi connectivity index (χ0) is 21.8. The van der Waals surface area contributed by atoms with E-state index in [1.54, 1.807) is 18.5 Å². The van der Waals surface area contributed by atoms with Gasteiger partial charge in [-0.05, 0) is 37.1 Å². The van der Waals surface area contributed by atoms with Crippen molar-refractivity contribution in [3.8, 4) is 0 Å². The highest BCUT2D eigenvalue weighted by molar-refractivity contribution is 6.34. The Labute approximate surface area is 181 Å². The Morgan fingerprint density at radius 2 is 2.03 bits per heavy atom. The number of amidine groups is 1. The second-order valence-corrected chi connectivity index (χ2v) is 8.32. The van der Waals surface area contributed by atoms with Gasteiger partial charge in [-0.25, -0.2) is 5.01 Å². The molecule has 6 nitrogen and oxygen atoms in total. The van der Waals surface area contributed by atoms with Crippen LogP contribution in [0.3, 0.4) is 0 Å². The van der Waals surface area contributed by atoms with Gasteiger partial charge in [-0.1, -0.05) is 24.1 Å². The smallest absolute Gasteiger partial charge is 0.329 e. The summed E-state index contributed by atoms with van der Waals surface area (Å²) in [5, 5.41) is 8.80. The average molecular weight is 450 g/mol. The van der Waals surface area contributed by atoms with Gasteiger partial charge in [-0.3, -0.25) is 9.78 Å². The lowest BCUT2D eigenvalue weighted by Gasteiger charge is -2.47. The molecule has 1 aromatic carbocycles. The number of piperazine rings is 1. The SMILES string of the molecule is O=C(c1cccc(C(F)(F)F)c1Cl)N1N=C(c2cccnc2)N2CC3CCCC(N3)C21. The normalized spacial score (nSPS) is 25.3. The standard InChI is InChI=1S/C21H19ClF3N5O/c22-17-14(6-2-7-15(17)21(23,24)25)20(31)30-19-16-8-1-5-13(27-16)11-29(19)18(28-30)12-4-3-9-26-10-12/h2-4,6-7,9-10,13,16,19,27H,1,5,8,11H2. The van der Waals surface area contributed by atoms with E-state index in [1.807, 2.05) is 6.07 Å². The molecular weight excluding hydrogens is 431 g/mol. The van der Waals surface area contributed by atoms with Crippen LogP contribution in [0.1, 0.15) is 40.7 Å². The molecule has 5 rings (SSSR count). The Morgan fingerprint density at radius 1 is 1.19 bits per heavy atom. The van der Waals surface area contributed by atoms with Crippen LogP contribution in [0, 0.1) is 0 Å². The molecule has 0 saturated carbocycles. The van der Waals surface area contributed by atoms with Gasteiger partial charge in [-0.2, -0.15) is 13.2 Å². The fraction of sp³-hybridized carbons (Fsp3) is 0.381. The molecule has 31 heavy (non-hydrogen) atoms. The molecule has 1 N–H and O–H groups in total. The van der Waals surface area contributed by atoms with Crippen molar-refractivity contribution in [2.24, 2.45) is 5.10 Å². The van der Waals surface area contributed by atoms with Gasteiger partial charge in [0.1, 0.15) is 6.17 Å². The summed E-state index contributed by atoms with van der Waals surface area (Å²) >= 11 is 6.04. The van der Waals surface area contributed by atoms with Crippen molar-refractivity contribution in [1.29, 1.82) is 0 Å². The number of benzene rings is 1. The molecule has 3 unspecified atom stereocenters. The van der Waals surface area contributed by atoms with E-state index < -0.39 is 28.8 Å². The Bertz CT molecular complexity index is 1050. The van der Waals surface area contributed by atoms with Gasteiger partial charge < -0.3 is 10.2 Å². The topological polar surface area (TPSA) is 60.8 Å². The summed E-state index contributed by atoms with van der Waals surface area (Å²) in [6, 6.07) is 7.23. The summed E-state index contributed by atoms with van der Waals surface area (Å²) < 4.78 is 40.0. The molecule has 3 aliphatic heterocycles. The maximum atomic E-state index is 13.4. The predicted molar refractivity (Wildman–Crippen MR) is 108 cm³/mol. The van der Waals surface area contributed by atoms with E-state index >= 15 is 0 Å². The molecular formula is C21H19ClF3N5O. The molecule has 1 aromatic heterocycles. The number of nitrogens with zero attached hydrogens (tertiary/aromatic N) is 4. The minimum Gasteiger partial charge on any atom is -0.329 e. The maximum Gasteiger partial charge on any atom is 0.417 e. The Hall–Kier alpha value is -2.65. The van der Waals surface area contributed by atoms with Crippen molar-refractivity contribution in [1.82, 2.24) is 20.2 Å². The lowest BCUT2D eigenvalue weighted by atomic mass is 9.91. The number of aromatic nitrogens is 1. The van der Waals surface area contributed by atoms with Crippen molar-refractivity contribution < 1.29 is 18.0 Å². The second-order valence-electron chi connectivity index (χ2n) is 7.95. The highest BCUT2D eigenvalue weighted by Gasteiger charge is 2.49. The first-order valence-electron chi connectivity index (χ1n) is 10.1.